The molecule has 0 bridgehead atoms. The van der Waals surface area contributed by atoms with E-state index in [1.807, 2.05) is 72.8 Å². The second-order valence-corrected chi connectivity index (χ2v) is 11.3. The average Bonchev–Trinajstić information content (AvgIpc) is 3.01. The lowest BCUT2D eigenvalue weighted by Crippen LogP contribution is -2.38. The summed E-state index contributed by atoms with van der Waals surface area (Å²) >= 11 is 1.30. The zero-order valence-corrected chi connectivity index (χ0v) is 23.7. The summed E-state index contributed by atoms with van der Waals surface area (Å²) in [5, 5.41) is 5.77. The van der Waals surface area contributed by atoms with Crippen molar-refractivity contribution in [2.45, 2.75) is 29.5 Å². The van der Waals surface area contributed by atoms with Gasteiger partial charge < -0.3 is 19.5 Å². The Kier molecular flexibility index (Phi) is 9.92. The van der Waals surface area contributed by atoms with Crippen molar-refractivity contribution in [1.82, 2.24) is 5.32 Å². The van der Waals surface area contributed by atoms with Crippen molar-refractivity contribution in [2.75, 3.05) is 32.1 Å². The fourth-order valence-corrected chi connectivity index (χ4v) is 5.93. The summed E-state index contributed by atoms with van der Waals surface area (Å²) in [7, 11) is 0. The van der Waals surface area contributed by atoms with Gasteiger partial charge in [0.15, 0.2) is 0 Å². The Balaban J connectivity index is 1.19. The van der Waals surface area contributed by atoms with E-state index in [1.54, 1.807) is 0 Å². The van der Waals surface area contributed by atoms with Crippen molar-refractivity contribution in [3.05, 3.63) is 103 Å². The lowest BCUT2D eigenvalue weighted by atomic mass is 9.81. The van der Waals surface area contributed by atoms with Crippen LogP contribution in [0, 0.1) is 5.92 Å². The van der Waals surface area contributed by atoms with Gasteiger partial charge in [0.25, 0.3) is 0 Å². The molecular formula is C33H32F3NO4S. The Morgan fingerprint density at radius 1 is 0.881 bits per heavy atom. The van der Waals surface area contributed by atoms with E-state index in [2.05, 4.69) is 29.6 Å². The first kappa shape index (κ1) is 29.8. The molecule has 5 nitrogen and oxygen atoms in total. The summed E-state index contributed by atoms with van der Waals surface area (Å²) in [5.74, 6) is -0.218. The van der Waals surface area contributed by atoms with Crippen molar-refractivity contribution >= 4 is 28.5 Å². The van der Waals surface area contributed by atoms with Gasteiger partial charge in [-0.15, -0.1) is 11.8 Å². The smallest absolute Gasteiger partial charge is 0.490 e. The number of carbonyl (C=O) groups excluding carboxylic acids is 1. The fourth-order valence-electron chi connectivity index (χ4n) is 5.04. The first-order chi connectivity index (χ1) is 20.3. The number of esters is 1. The minimum Gasteiger partial charge on any atom is -0.493 e. The third-order valence-electron chi connectivity index (χ3n) is 7.22. The molecule has 0 amide bonds. The number of alkyl halides is 3. The molecule has 4 aromatic carbocycles. The van der Waals surface area contributed by atoms with Gasteiger partial charge in [-0.25, -0.2) is 4.79 Å². The molecule has 9 heteroatoms. The van der Waals surface area contributed by atoms with E-state index in [0.717, 1.165) is 41.1 Å². The average molecular weight is 596 g/mol. The molecule has 3 atom stereocenters. The highest BCUT2D eigenvalue weighted by Crippen LogP contribution is 2.33. The predicted octanol–water partition coefficient (Wildman–Crippen LogP) is 7.26. The van der Waals surface area contributed by atoms with Crippen LogP contribution in [-0.2, 0) is 9.53 Å². The van der Waals surface area contributed by atoms with Crippen LogP contribution in [0.1, 0.15) is 17.9 Å². The molecule has 0 saturated carbocycles. The van der Waals surface area contributed by atoms with Crippen molar-refractivity contribution in [3.63, 3.8) is 0 Å². The molecule has 0 radical (unpaired) electrons. The minimum absolute atomic E-state index is 0.123. The van der Waals surface area contributed by atoms with E-state index in [1.165, 1.54) is 17.1 Å². The molecule has 4 aromatic rings. The minimum atomic E-state index is -5.07. The van der Waals surface area contributed by atoms with Crippen molar-refractivity contribution in [1.29, 1.82) is 0 Å². The number of hydrogen-bond acceptors (Lipinski definition) is 6. The molecule has 42 heavy (non-hydrogen) atoms. The van der Waals surface area contributed by atoms with Gasteiger partial charge in [0, 0.05) is 23.1 Å². The number of ether oxygens (including phenoxy) is 3. The highest BCUT2D eigenvalue weighted by Gasteiger charge is 2.42. The van der Waals surface area contributed by atoms with E-state index < -0.39 is 18.2 Å². The zero-order valence-electron chi connectivity index (χ0n) is 22.9. The van der Waals surface area contributed by atoms with Gasteiger partial charge in [-0.05, 0) is 71.6 Å². The van der Waals surface area contributed by atoms with Crippen LogP contribution in [0.15, 0.2) is 102 Å². The van der Waals surface area contributed by atoms with Gasteiger partial charge in [-0.3, -0.25) is 0 Å². The van der Waals surface area contributed by atoms with Gasteiger partial charge in [-0.1, -0.05) is 60.7 Å². The van der Waals surface area contributed by atoms with Crippen molar-refractivity contribution < 1.29 is 32.2 Å². The predicted molar refractivity (Wildman–Crippen MR) is 158 cm³/mol. The maximum Gasteiger partial charge on any atom is 0.490 e. The number of nitrogens with one attached hydrogen (secondary N) is 1. The number of rotatable bonds is 11. The molecule has 0 aromatic heterocycles. The topological polar surface area (TPSA) is 56.8 Å². The number of thioether (sulfide) groups is 1. The largest absolute Gasteiger partial charge is 0.493 e. The van der Waals surface area contributed by atoms with Crippen molar-refractivity contribution in [2.24, 2.45) is 5.92 Å². The molecule has 5 rings (SSSR count). The Hall–Kier alpha value is -3.69. The summed E-state index contributed by atoms with van der Waals surface area (Å²) in [4.78, 5) is 12.4. The Bertz CT molecular complexity index is 1450. The monoisotopic (exact) mass is 595 g/mol. The maximum absolute atomic E-state index is 12.9. The van der Waals surface area contributed by atoms with Crippen LogP contribution in [0.4, 0.5) is 13.2 Å². The third-order valence-corrected chi connectivity index (χ3v) is 8.37. The summed E-state index contributed by atoms with van der Waals surface area (Å²) < 4.78 is 55.3. The van der Waals surface area contributed by atoms with Crippen LogP contribution in [-0.4, -0.2) is 50.3 Å². The second kappa shape index (κ2) is 14.0. The highest BCUT2D eigenvalue weighted by molar-refractivity contribution is 7.99. The molecule has 1 fully saturated rings. The van der Waals surface area contributed by atoms with E-state index in [4.69, 9.17) is 14.2 Å². The Morgan fingerprint density at radius 2 is 1.60 bits per heavy atom. The quantitative estimate of drug-likeness (QED) is 0.146. The summed E-state index contributed by atoms with van der Waals surface area (Å²) in [5.41, 5.74) is 1.15. The van der Waals surface area contributed by atoms with Crippen molar-refractivity contribution in [3.8, 4) is 11.5 Å². The van der Waals surface area contributed by atoms with Gasteiger partial charge in [-0.2, -0.15) is 13.2 Å². The third kappa shape index (κ3) is 8.20. The number of carbonyl (C=O) groups is 1. The molecule has 1 heterocycles. The highest BCUT2D eigenvalue weighted by atomic mass is 32.2. The molecule has 3 unspecified atom stereocenters. The van der Waals surface area contributed by atoms with Gasteiger partial charge in [0.2, 0.25) is 0 Å². The molecule has 1 N–H and O–H groups in total. The van der Waals surface area contributed by atoms with Crippen LogP contribution in [0.25, 0.3) is 10.8 Å². The van der Waals surface area contributed by atoms with Gasteiger partial charge in [0.05, 0.1) is 6.61 Å². The number of piperidine rings is 1. The number of fused-ring (bicyclic) bond motifs is 1. The van der Waals surface area contributed by atoms with Gasteiger partial charge in [0.1, 0.15) is 24.2 Å². The summed E-state index contributed by atoms with van der Waals surface area (Å²) in [6, 6.07) is 31.1. The number of hydrogen-bond donors (Lipinski definition) is 1. The van der Waals surface area contributed by atoms with E-state index in [0.29, 0.717) is 12.4 Å². The summed E-state index contributed by atoms with van der Waals surface area (Å²) in [6.07, 6.45) is -5.19. The van der Waals surface area contributed by atoms with E-state index in [-0.39, 0.29) is 24.2 Å². The second-order valence-electron chi connectivity index (χ2n) is 10.2. The van der Waals surface area contributed by atoms with Crippen LogP contribution >= 0.6 is 11.8 Å². The lowest BCUT2D eigenvalue weighted by Gasteiger charge is -2.32. The number of benzene rings is 4. The SMILES string of the molecule is O=C(OC(COc1ccc(C2CCNCC2COc2ccc3ccccc3c2)cc1)CSc1ccccc1)C(F)(F)F. The van der Waals surface area contributed by atoms with Crippen LogP contribution in [0.3, 0.4) is 0 Å². The first-order valence-corrected chi connectivity index (χ1v) is 14.8. The maximum atomic E-state index is 12.9. The zero-order chi connectivity index (χ0) is 29.4. The lowest BCUT2D eigenvalue weighted by molar-refractivity contribution is -0.204. The Morgan fingerprint density at radius 3 is 2.36 bits per heavy atom. The molecule has 0 aliphatic carbocycles. The summed E-state index contributed by atoms with van der Waals surface area (Å²) in [6.45, 7) is 2.11. The fraction of sp³-hybridized carbons (Fsp3) is 0.303. The van der Waals surface area contributed by atoms with Crippen LogP contribution in [0.5, 0.6) is 11.5 Å². The van der Waals surface area contributed by atoms with Crippen LogP contribution < -0.4 is 14.8 Å². The van der Waals surface area contributed by atoms with Gasteiger partial charge >= 0.3 is 12.1 Å². The first-order valence-electron chi connectivity index (χ1n) is 13.9. The van der Waals surface area contributed by atoms with E-state index >= 15 is 0 Å². The molecule has 220 valence electrons. The molecule has 1 aliphatic heterocycles. The molecular weight excluding hydrogens is 563 g/mol. The normalized spacial score (nSPS) is 17.9. The standard InChI is InChI=1S/C33H32F3NO4S/c34-33(35,36)32(38)41-29(22-42-30-8-2-1-3-9-30)21-40-27-13-11-24(12-14-27)31-16-17-37-19-26(31)20-39-28-15-10-23-6-4-5-7-25(23)18-28/h1-15,18,26,29,31,37H,16-17,19-22H2. The Labute approximate surface area is 247 Å². The molecule has 1 aliphatic rings. The van der Waals surface area contributed by atoms with Crippen LogP contribution in [0.2, 0.25) is 0 Å². The molecule has 1 saturated heterocycles. The molecule has 0 spiro atoms. The van der Waals surface area contributed by atoms with E-state index in [9.17, 15) is 18.0 Å². The number of halogens is 3.